The molecule has 1 heterocycles. The monoisotopic (exact) mass is 127 g/mol. The lowest BCUT2D eigenvalue weighted by atomic mass is 10.5. The minimum Gasteiger partial charge on any atom is -0.425 e. The van der Waals surface area contributed by atoms with E-state index in [2.05, 4.69) is 4.98 Å². The van der Waals surface area contributed by atoms with Crippen LogP contribution in [0.25, 0.3) is 0 Å². The second-order valence-corrected chi connectivity index (χ2v) is 1.73. The van der Waals surface area contributed by atoms with E-state index in [0.29, 0.717) is 10.4 Å². The highest BCUT2D eigenvalue weighted by molar-refractivity contribution is 4.83. The van der Waals surface area contributed by atoms with Crippen molar-refractivity contribution < 1.29 is 10.2 Å². The van der Waals surface area contributed by atoms with Gasteiger partial charge in [0, 0.05) is 6.92 Å². The summed E-state index contributed by atoms with van der Waals surface area (Å²) in [6, 6.07) is 0. The van der Waals surface area contributed by atoms with Gasteiger partial charge in [0.2, 0.25) is 5.69 Å². The van der Waals surface area contributed by atoms with E-state index < -0.39 is 5.56 Å². The summed E-state index contributed by atoms with van der Waals surface area (Å²) in [4.78, 5) is 13.3. The number of H-pyrrole nitrogens is 1. The molecule has 0 aliphatic carbocycles. The van der Waals surface area contributed by atoms with Crippen LogP contribution < -0.4 is 10.5 Å². The fourth-order valence-corrected chi connectivity index (χ4v) is 0.534. The van der Waals surface area contributed by atoms with Crippen LogP contribution in [0.4, 0.5) is 0 Å². The van der Waals surface area contributed by atoms with Crippen molar-refractivity contribution in [2.24, 2.45) is 0 Å². The van der Waals surface area contributed by atoms with Gasteiger partial charge in [-0.05, 0) is 0 Å². The molecule has 1 aromatic heterocycles. The van der Waals surface area contributed by atoms with E-state index in [-0.39, 0.29) is 0 Å². The van der Waals surface area contributed by atoms with Crippen molar-refractivity contribution in [3.05, 3.63) is 28.4 Å². The lowest BCUT2D eigenvalue weighted by molar-refractivity contribution is -0.391. The molecule has 9 heavy (non-hydrogen) atoms. The van der Waals surface area contributed by atoms with Crippen LogP contribution >= 0.6 is 0 Å². The number of aryl methyl sites for hydroxylation is 1. The van der Waals surface area contributed by atoms with E-state index in [4.69, 9.17) is 5.21 Å². The van der Waals surface area contributed by atoms with E-state index in [1.807, 2.05) is 0 Å². The average Bonchev–Trinajstić information content (AvgIpc) is 1.83. The Balaban J connectivity index is 3.43. The van der Waals surface area contributed by atoms with E-state index in [9.17, 15) is 4.79 Å². The van der Waals surface area contributed by atoms with Crippen molar-refractivity contribution in [3.63, 3.8) is 0 Å². The average molecular weight is 127 g/mol. The fourth-order valence-electron chi connectivity index (χ4n) is 0.534. The fraction of sp³-hybridized carbons (Fsp3) is 0.200. The zero-order valence-corrected chi connectivity index (χ0v) is 4.96. The smallest absolute Gasteiger partial charge is 0.349 e. The highest BCUT2D eigenvalue weighted by atomic mass is 16.5. The quantitative estimate of drug-likeness (QED) is 0.464. The number of hydrogen-bond donors (Lipinski definition) is 1. The van der Waals surface area contributed by atoms with Crippen LogP contribution in [-0.4, -0.2) is 9.94 Å². The molecule has 0 fully saturated rings. The van der Waals surface area contributed by atoms with Crippen LogP contribution in [0.15, 0.2) is 17.2 Å². The van der Waals surface area contributed by atoms with Gasteiger partial charge in [0.05, 0.1) is 0 Å². The van der Waals surface area contributed by atoms with E-state index >= 15 is 0 Å². The van der Waals surface area contributed by atoms with Crippen molar-refractivity contribution in [1.29, 1.82) is 0 Å². The molecule has 0 atom stereocenters. The molecule has 4 nitrogen and oxygen atoms in total. The van der Waals surface area contributed by atoms with Gasteiger partial charge in [-0.15, -0.1) is 4.73 Å². The molecule has 1 rings (SSSR count). The summed E-state index contributed by atoms with van der Waals surface area (Å²) in [5, 5.41) is 8.68. The lowest BCUT2D eigenvalue weighted by Crippen LogP contribution is -2.27. The molecule has 0 saturated heterocycles. The van der Waals surface area contributed by atoms with Crippen molar-refractivity contribution >= 4 is 0 Å². The third kappa shape index (κ3) is 0.910. The summed E-state index contributed by atoms with van der Waals surface area (Å²) in [7, 11) is 0. The van der Waals surface area contributed by atoms with Gasteiger partial charge in [0.15, 0.2) is 6.20 Å². The van der Waals surface area contributed by atoms with Crippen molar-refractivity contribution in [2.45, 2.75) is 6.92 Å². The summed E-state index contributed by atoms with van der Waals surface area (Å²) in [6.45, 7) is 1.59. The Morgan fingerprint density at radius 2 is 2.44 bits per heavy atom. The highest BCUT2D eigenvalue weighted by Gasteiger charge is 2.00. The van der Waals surface area contributed by atoms with Gasteiger partial charge >= 0.3 is 5.56 Å². The molecular weight excluding hydrogens is 120 g/mol. The third-order valence-corrected chi connectivity index (χ3v) is 1.04. The number of nitrogens with zero attached hydrogens (tertiary/aromatic N) is 1. The summed E-state index contributed by atoms with van der Waals surface area (Å²) in [5.41, 5.74) is -0.00231. The van der Waals surface area contributed by atoms with Crippen LogP contribution in [0.1, 0.15) is 5.69 Å². The molecule has 0 aromatic carbocycles. The Morgan fingerprint density at radius 1 is 1.78 bits per heavy atom. The molecule has 0 aliphatic heterocycles. The topological polar surface area (TPSA) is 56.4 Å². The predicted molar refractivity (Wildman–Crippen MR) is 29.2 cm³/mol. The standard InChI is InChI=1S/C5H6N2O2/c1-4-5(8)7(9)3-2-6-4/h2-3,9H,1H3/p+1. The summed E-state index contributed by atoms with van der Waals surface area (Å²) in [6.07, 6.45) is 2.73. The van der Waals surface area contributed by atoms with Gasteiger partial charge in [-0.2, -0.15) is 0 Å². The van der Waals surface area contributed by atoms with Gasteiger partial charge in [-0.1, -0.05) is 0 Å². The Kier molecular flexibility index (Phi) is 1.22. The molecule has 1 aromatic rings. The minimum absolute atomic E-state index is 0.417. The highest BCUT2D eigenvalue weighted by Crippen LogP contribution is 1.70. The molecule has 0 bridgehead atoms. The van der Waals surface area contributed by atoms with E-state index in [1.54, 1.807) is 6.92 Å². The van der Waals surface area contributed by atoms with E-state index in [1.165, 1.54) is 12.4 Å². The first kappa shape index (κ1) is 5.81. The van der Waals surface area contributed by atoms with Crippen LogP contribution in [0, 0.1) is 6.92 Å². The van der Waals surface area contributed by atoms with Crippen LogP contribution in [0.2, 0.25) is 0 Å². The Morgan fingerprint density at radius 3 is 2.89 bits per heavy atom. The Hall–Kier alpha value is -1.32. The van der Waals surface area contributed by atoms with Crippen LogP contribution in [0.3, 0.4) is 0 Å². The van der Waals surface area contributed by atoms with Crippen molar-refractivity contribution in [3.8, 4) is 0 Å². The third-order valence-electron chi connectivity index (χ3n) is 1.04. The number of rotatable bonds is 0. The molecule has 0 radical (unpaired) electrons. The van der Waals surface area contributed by atoms with E-state index in [0.717, 1.165) is 0 Å². The maximum absolute atomic E-state index is 10.7. The lowest BCUT2D eigenvalue weighted by Gasteiger charge is -1.88. The SMILES string of the molecule is Cc1[nH+]ccn(O)c1=O. The first-order chi connectivity index (χ1) is 4.22. The van der Waals surface area contributed by atoms with Crippen LogP contribution in [-0.2, 0) is 0 Å². The number of hydrogen-bond acceptors (Lipinski definition) is 2. The zero-order chi connectivity index (χ0) is 6.85. The van der Waals surface area contributed by atoms with Crippen LogP contribution in [0.5, 0.6) is 0 Å². The second-order valence-electron chi connectivity index (χ2n) is 1.73. The maximum atomic E-state index is 10.7. The predicted octanol–water partition coefficient (Wildman–Crippen LogP) is -0.792. The molecule has 2 N–H and O–H groups in total. The van der Waals surface area contributed by atoms with Gasteiger partial charge in [-0.25, -0.2) is 4.98 Å². The largest absolute Gasteiger partial charge is 0.425 e. The maximum Gasteiger partial charge on any atom is 0.349 e. The Bertz CT molecular complexity index is 243. The summed E-state index contributed by atoms with van der Waals surface area (Å²) in [5.74, 6) is 0. The molecule has 0 saturated carbocycles. The van der Waals surface area contributed by atoms with Gasteiger partial charge in [0.25, 0.3) is 0 Å². The molecule has 0 amide bonds. The first-order valence-electron chi connectivity index (χ1n) is 2.51. The summed E-state index contributed by atoms with van der Waals surface area (Å²) >= 11 is 0. The van der Waals surface area contributed by atoms with Gasteiger partial charge in [0.1, 0.15) is 6.20 Å². The number of aromatic nitrogens is 2. The first-order valence-corrected chi connectivity index (χ1v) is 2.51. The second kappa shape index (κ2) is 1.89. The normalized spacial score (nSPS) is 9.44. The summed E-state index contributed by atoms with van der Waals surface area (Å²) < 4.78 is 0.534. The molecular formula is C5H7N2O2+. The number of aromatic amines is 1. The molecule has 0 unspecified atom stereocenters. The molecule has 0 spiro atoms. The van der Waals surface area contributed by atoms with Crippen molar-refractivity contribution in [2.75, 3.05) is 0 Å². The van der Waals surface area contributed by atoms with Gasteiger partial charge < -0.3 is 5.21 Å². The minimum atomic E-state index is -0.419. The number of nitrogens with one attached hydrogen (secondary N) is 1. The zero-order valence-electron chi connectivity index (χ0n) is 4.96. The molecule has 48 valence electrons. The van der Waals surface area contributed by atoms with Gasteiger partial charge in [-0.3, -0.25) is 4.79 Å². The van der Waals surface area contributed by atoms with Crippen molar-refractivity contribution in [1.82, 2.24) is 4.73 Å². The molecule has 0 aliphatic rings. The Labute approximate surface area is 51.4 Å². The molecule has 4 heteroatoms.